The summed E-state index contributed by atoms with van der Waals surface area (Å²) < 4.78 is 27.3. The van der Waals surface area contributed by atoms with Gasteiger partial charge in [0.2, 0.25) is 0 Å². The molecule has 0 bridgehead atoms. The molecule has 0 aromatic rings. The number of unbranched alkanes of at least 4 members (excludes halogenated alkanes) is 9. The third-order valence-electron chi connectivity index (χ3n) is 4.44. The van der Waals surface area contributed by atoms with Gasteiger partial charge in [-0.05, 0) is 20.3 Å². The molecule has 170 valence electrons. The number of ether oxygens (including phenoxy) is 5. The molecule has 0 unspecified atom stereocenters. The predicted molar refractivity (Wildman–Crippen MR) is 116 cm³/mol. The molecule has 0 aromatic heterocycles. The van der Waals surface area contributed by atoms with Crippen molar-refractivity contribution in [3.63, 3.8) is 0 Å². The van der Waals surface area contributed by atoms with Crippen LogP contribution >= 0.6 is 0 Å². The molecule has 0 rings (SSSR count). The maximum Gasteiger partial charge on any atom is 0.0703 e. The molecule has 5 nitrogen and oxygen atoms in total. The smallest absolute Gasteiger partial charge is 0.0703 e. The average Bonchev–Trinajstić information content (AvgIpc) is 2.68. The van der Waals surface area contributed by atoms with Crippen molar-refractivity contribution >= 4 is 0 Å². The number of rotatable bonds is 24. The quantitative estimate of drug-likeness (QED) is 0.202. The summed E-state index contributed by atoms with van der Waals surface area (Å²) in [6, 6.07) is 0. The van der Waals surface area contributed by atoms with Gasteiger partial charge >= 0.3 is 0 Å². The molecule has 5 heteroatoms. The van der Waals surface area contributed by atoms with Crippen LogP contribution in [0.15, 0.2) is 0 Å². The zero-order valence-corrected chi connectivity index (χ0v) is 19.1. The molecule has 0 saturated carbocycles. The number of hydrogen-bond donors (Lipinski definition) is 0. The van der Waals surface area contributed by atoms with Crippen molar-refractivity contribution in [1.29, 1.82) is 0 Å². The first-order chi connectivity index (χ1) is 13.8. The standard InChI is InChI=1S/C23H48O5/c1-4-5-6-7-8-9-10-11-12-13-14-24-15-16-25-17-18-26-19-20-27-21-22-28-23(2)3/h23H,4-22H2,1-3H3. The van der Waals surface area contributed by atoms with Crippen molar-refractivity contribution in [1.82, 2.24) is 0 Å². The Kier molecular flexibility index (Phi) is 24.7. The Hall–Kier alpha value is -0.200. The summed E-state index contributed by atoms with van der Waals surface area (Å²) in [5.41, 5.74) is 0. The number of hydrogen-bond acceptors (Lipinski definition) is 5. The molecule has 0 aliphatic heterocycles. The van der Waals surface area contributed by atoms with Crippen molar-refractivity contribution in [2.24, 2.45) is 0 Å². The Labute approximate surface area is 174 Å². The zero-order valence-electron chi connectivity index (χ0n) is 19.1. The summed E-state index contributed by atoms with van der Waals surface area (Å²) in [6.45, 7) is 12.2. The van der Waals surface area contributed by atoms with E-state index in [1.54, 1.807) is 0 Å². The molecule has 0 radical (unpaired) electrons. The largest absolute Gasteiger partial charge is 0.379 e. The second-order valence-electron chi connectivity index (χ2n) is 7.55. The van der Waals surface area contributed by atoms with Gasteiger partial charge in [0, 0.05) is 6.61 Å². The molecule has 0 heterocycles. The van der Waals surface area contributed by atoms with Crippen LogP contribution in [0.3, 0.4) is 0 Å². The fourth-order valence-electron chi connectivity index (χ4n) is 2.80. The molecular weight excluding hydrogens is 356 g/mol. The minimum atomic E-state index is 0.260. The second kappa shape index (κ2) is 24.8. The molecular formula is C23H48O5. The predicted octanol–water partition coefficient (Wildman–Crippen LogP) is 5.40. The van der Waals surface area contributed by atoms with E-state index in [-0.39, 0.29) is 6.10 Å². The summed E-state index contributed by atoms with van der Waals surface area (Å²) >= 11 is 0. The van der Waals surface area contributed by atoms with Crippen LogP contribution in [0.1, 0.15) is 85.0 Å². The highest BCUT2D eigenvalue weighted by molar-refractivity contribution is 4.47. The van der Waals surface area contributed by atoms with Crippen LogP contribution in [0, 0.1) is 0 Å². The Morgan fingerprint density at radius 2 is 0.786 bits per heavy atom. The van der Waals surface area contributed by atoms with Gasteiger partial charge < -0.3 is 23.7 Å². The maximum atomic E-state index is 5.61. The van der Waals surface area contributed by atoms with Crippen LogP contribution in [-0.2, 0) is 23.7 Å². The maximum absolute atomic E-state index is 5.61. The summed E-state index contributed by atoms with van der Waals surface area (Å²) in [5, 5.41) is 0. The van der Waals surface area contributed by atoms with Gasteiger partial charge in [-0.1, -0.05) is 64.7 Å². The van der Waals surface area contributed by atoms with Gasteiger partial charge in [0.05, 0.1) is 59.0 Å². The lowest BCUT2D eigenvalue weighted by Gasteiger charge is -2.09. The summed E-state index contributed by atoms with van der Waals surface area (Å²) in [6.07, 6.45) is 13.8. The third kappa shape index (κ3) is 25.8. The molecule has 0 atom stereocenters. The zero-order chi connectivity index (χ0) is 20.5. The summed E-state index contributed by atoms with van der Waals surface area (Å²) in [4.78, 5) is 0. The lowest BCUT2D eigenvalue weighted by atomic mass is 10.1. The van der Waals surface area contributed by atoms with Gasteiger partial charge in [-0.15, -0.1) is 0 Å². The monoisotopic (exact) mass is 404 g/mol. The van der Waals surface area contributed by atoms with Crippen molar-refractivity contribution in [2.75, 3.05) is 59.5 Å². The van der Waals surface area contributed by atoms with Gasteiger partial charge in [-0.3, -0.25) is 0 Å². The van der Waals surface area contributed by atoms with E-state index in [1.165, 1.54) is 64.2 Å². The second-order valence-corrected chi connectivity index (χ2v) is 7.55. The van der Waals surface area contributed by atoms with E-state index in [4.69, 9.17) is 23.7 Å². The summed E-state index contributed by atoms with van der Waals surface area (Å²) in [5.74, 6) is 0. The molecule has 0 aromatic carbocycles. The van der Waals surface area contributed by atoms with Crippen LogP contribution in [0.2, 0.25) is 0 Å². The van der Waals surface area contributed by atoms with Crippen molar-refractivity contribution in [2.45, 2.75) is 91.1 Å². The fraction of sp³-hybridized carbons (Fsp3) is 1.00. The molecule has 0 fully saturated rings. The van der Waals surface area contributed by atoms with E-state index in [0.717, 1.165) is 6.61 Å². The van der Waals surface area contributed by atoms with Crippen molar-refractivity contribution in [3.8, 4) is 0 Å². The molecule has 0 spiro atoms. The Morgan fingerprint density at radius 3 is 1.21 bits per heavy atom. The van der Waals surface area contributed by atoms with Gasteiger partial charge in [-0.25, -0.2) is 0 Å². The topological polar surface area (TPSA) is 46.2 Å². The van der Waals surface area contributed by atoms with Gasteiger partial charge in [0.25, 0.3) is 0 Å². The van der Waals surface area contributed by atoms with E-state index in [0.29, 0.717) is 52.9 Å². The van der Waals surface area contributed by atoms with Gasteiger partial charge in [-0.2, -0.15) is 0 Å². The first-order valence-corrected chi connectivity index (χ1v) is 11.7. The van der Waals surface area contributed by atoms with E-state index < -0.39 is 0 Å². The minimum Gasteiger partial charge on any atom is -0.379 e. The third-order valence-corrected chi connectivity index (χ3v) is 4.44. The first-order valence-electron chi connectivity index (χ1n) is 11.7. The molecule has 28 heavy (non-hydrogen) atoms. The van der Waals surface area contributed by atoms with Crippen LogP contribution in [0.5, 0.6) is 0 Å². The highest BCUT2D eigenvalue weighted by atomic mass is 16.6. The van der Waals surface area contributed by atoms with Crippen molar-refractivity contribution in [3.05, 3.63) is 0 Å². The molecule has 0 aliphatic rings. The van der Waals surface area contributed by atoms with Crippen LogP contribution in [0.25, 0.3) is 0 Å². The highest BCUT2D eigenvalue weighted by Gasteiger charge is 1.96. The van der Waals surface area contributed by atoms with E-state index in [1.807, 2.05) is 13.8 Å². The Bertz CT molecular complexity index is 274. The van der Waals surface area contributed by atoms with Crippen molar-refractivity contribution < 1.29 is 23.7 Å². The summed E-state index contributed by atoms with van der Waals surface area (Å²) in [7, 11) is 0. The normalized spacial score (nSPS) is 11.6. The Balaban J connectivity index is 2.98. The van der Waals surface area contributed by atoms with E-state index in [9.17, 15) is 0 Å². The van der Waals surface area contributed by atoms with Gasteiger partial charge in [0.1, 0.15) is 0 Å². The lowest BCUT2D eigenvalue weighted by molar-refractivity contribution is -0.0176. The van der Waals surface area contributed by atoms with Gasteiger partial charge in [0.15, 0.2) is 0 Å². The van der Waals surface area contributed by atoms with Crippen LogP contribution in [0.4, 0.5) is 0 Å². The Morgan fingerprint density at radius 1 is 0.429 bits per heavy atom. The SMILES string of the molecule is CCCCCCCCCCCCOCCOCCOCCOCCOC(C)C. The molecule has 0 N–H and O–H groups in total. The minimum absolute atomic E-state index is 0.260. The van der Waals surface area contributed by atoms with E-state index >= 15 is 0 Å². The molecule has 0 aliphatic carbocycles. The average molecular weight is 405 g/mol. The molecule has 0 amide bonds. The lowest BCUT2D eigenvalue weighted by Crippen LogP contribution is -2.14. The highest BCUT2D eigenvalue weighted by Crippen LogP contribution is 2.10. The van der Waals surface area contributed by atoms with Crippen LogP contribution < -0.4 is 0 Å². The van der Waals surface area contributed by atoms with Crippen LogP contribution in [-0.4, -0.2) is 65.6 Å². The van der Waals surface area contributed by atoms with E-state index in [2.05, 4.69) is 6.92 Å². The fourth-order valence-corrected chi connectivity index (χ4v) is 2.80. The first kappa shape index (κ1) is 27.8. The molecule has 0 saturated heterocycles.